The number of nitrogens with two attached hydrogens (primary N) is 1. The van der Waals surface area contributed by atoms with E-state index in [0.29, 0.717) is 11.6 Å². The van der Waals surface area contributed by atoms with Crippen LogP contribution in [0.4, 0.5) is 0 Å². The Kier molecular flexibility index (Phi) is 4.94. The van der Waals surface area contributed by atoms with Crippen molar-refractivity contribution < 1.29 is 9.90 Å². The zero-order valence-corrected chi connectivity index (χ0v) is 9.59. The van der Waals surface area contributed by atoms with E-state index in [4.69, 9.17) is 22.4 Å². The summed E-state index contributed by atoms with van der Waals surface area (Å²) in [5, 5.41) is 9.15. The first-order valence-corrected chi connectivity index (χ1v) is 5.85. The molecule has 82 valence electrons. The van der Waals surface area contributed by atoms with E-state index in [1.807, 2.05) is 18.2 Å². The SMILES string of the molecule is NCC(SCC(=O)O)c1ccccc1Cl. The van der Waals surface area contributed by atoms with Gasteiger partial charge in [0.25, 0.3) is 0 Å². The topological polar surface area (TPSA) is 63.3 Å². The van der Waals surface area contributed by atoms with E-state index in [2.05, 4.69) is 0 Å². The molecule has 0 aromatic heterocycles. The van der Waals surface area contributed by atoms with Crippen LogP contribution in [0.3, 0.4) is 0 Å². The Hall–Kier alpha value is -0.710. The lowest BCUT2D eigenvalue weighted by Gasteiger charge is -2.14. The van der Waals surface area contributed by atoms with Crippen LogP contribution in [0, 0.1) is 0 Å². The van der Waals surface area contributed by atoms with Gasteiger partial charge in [-0.1, -0.05) is 29.8 Å². The molecule has 1 unspecified atom stereocenters. The van der Waals surface area contributed by atoms with Crippen LogP contribution in [0.15, 0.2) is 24.3 Å². The van der Waals surface area contributed by atoms with E-state index in [1.54, 1.807) is 6.07 Å². The summed E-state index contributed by atoms with van der Waals surface area (Å²) in [6.45, 7) is 0.377. The molecule has 0 aliphatic heterocycles. The zero-order valence-electron chi connectivity index (χ0n) is 8.02. The summed E-state index contributed by atoms with van der Waals surface area (Å²) in [6.07, 6.45) is 0. The summed E-state index contributed by atoms with van der Waals surface area (Å²) >= 11 is 7.28. The van der Waals surface area contributed by atoms with Crippen molar-refractivity contribution in [2.45, 2.75) is 5.25 Å². The maximum Gasteiger partial charge on any atom is 0.313 e. The Morgan fingerprint density at radius 1 is 1.53 bits per heavy atom. The molecular weight excluding hydrogens is 234 g/mol. The van der Waals surface area contributed by atoms with Gasteiger partial charge in [-0.15, -0.1) is 11.8 Å². The van der Waals surface area contributed by atoms with Crippen molar-refractivity contribution in [1.29, 1.82) is 0 Å². The third-order valence-corrected chi connectivity index (χ3v) is 3.48. The molecule has 0 saturated heterocycles. The normalized spacial score (nSPS) is 12.4. The quantitative estimate of drug-likeness (QED) is 0.835. The highest BCUT2D eigenvalue weighted by atomic mass is 35.5. The average molecular weight is 246 g/mol. The van der Waals surface area contributed by atoms with Gasteiger partial charge in [0.15, 0.2) is 0 Å². The van der Waals surface area contributed by atoms with Crippen molar-refractivity contribution in [2.24, 2.45) is 5.73 Å². The van der Waals surface area contributed by atoms with E-state index >= 15 is 0 Å². The summed E-state index contributed by atoms with van der Waals surface area (Å²) in [5.41, 5.74) is 6.48. The highest BCUT2D eigenvalue weighted by Gasteiger charge is 2.14. The first kappa shape index (κ1) is 12.4. The molecule has 1 aromatic carbocycles. The monoisotopic (exact) mass is 245 g/mol. The Bertz CT molecular complexity index is 346. The van der Waals surface area contributed by atoms with Gasteiger partial charge in [0.1, 0.15) is 0 Å². The van der Waals surface area contributed by atoms with Crippen molar-refractivity contribution in [2.75, 3.05) is 12.3 Å². The molecule has 0 spiro atoms. The molecule has 0 saturated carbocycles. The molecule has 15 heavy (non-hydrogen) atoms. The Morgan fingerprint density at radius 2 is 2.20 bits per heavy atom. The molecule has 5 heteroatoms. The van der Waals surface area contributed by atoms with Gasteiger partial charge in [-0.2, -0.15) is 0 Å². The molecule has 0 radical (unpaired) electrons. The fourth-order valence-electron chi connectivity index (χ4n) is 1.19. The second-order valence-electron chi connectivity index (χ2n) is 2.95. The van der Waals surface area contributed by atoms with E-state index in [0.717, 1.165) is 5.56 Å². The standard InChI is InChI=1S/C10H12ClNO2S/c11-8-4-2-1-3-7(8)9(5-12)15-6-10(13)14/h1-4,9H,5-6,12H2,(H,13,14). The van der Waals surface area contributed by atoms with Crippen molar-refractivity contribution in [3.63, 3.8) is 0 Å². The minimum Gasteiger partial charge on any atom is -0.481 e. The second kappa shape index (κ2) is 6.00. The smallest absolute Gasteiger partial charge is 0.313 e. The average Bonchev–Trinajstić information content (AvgIpc) is 2.21. The fraction of sp³-hybridized carbons (Fsp3) is 0.300. The molecular formula is C10H12ClNO2S. The number of aliphatic carboxylic acids is 1. The molecule has 3 N–H and O–H groups in total. The molecule has 1 atom stereocenters. The summed E-state index contributed by atoms with van der Waals surface area (Å²) in [6, 6.07) is 7.35. The minimum absolute atomic E-state index is 0.0348. The number of benzene rings is 1. The fourth-order valence-corrected chi connectivity index (χ4v) is 2.39. The summed E-state index contributed by atoms with van der Waals surface area (Å²) in [5.74, 6) is -0.807. The van der Waals surface area contributed by atoms with Gasteiger partial charge in [0.2, 0.25) is 0 Å². The number of hydrogen-bond donors (Lipinski definition) is 2. The van der Waals surface area contributed by atoms with Crippen LogP contribution < -0.4 is 5.73 Å². The van der Waals surface area contributed by atoms with Gasteiger partial charge < -0.3 is 10.8 Å². The van der Waals surface area contributed by atoms with Gasteiger partial charge in [0.05, 0.1) is 5.75 Å². The molecule has 1 aromatic rings. The van der Waals surface area contributed by atoms with Crippen LogP contribution in [0.5, 0.6) is 0 Å². The predicted molar refractivity (Wildman–Crippen MR) is 63.3 cm³/mol. The number of carbonyl (C=O) groups is 1. The summed E-state index contributed by atoms with van der Waals surface area (Å²) in [7, 11) is 0. The van der Waals surface area contributed by atoms with Gasteiger partial charge in [-0.3, -0.25) is 4.79 Å². The number of rotatable bonds is 5. The number of carboxylic acid groups (broad SMARTS) is 1. The van der Waals surface area contributed by atoms with E-state index in [1.165, 1.54) is 11.8 Å². The summed E-state index contributed by atoms with van der Waals surface area (Å²) < 4.78 is 0. The maximum absolute atomic E-state index is 10.4. The molecule has 0 heterocycles. The highest BCUT2D eigenvalue weighted by Crippen LogP contribution is 2.32. The maximum atomic E-state index is 10.4. The van der Waals surface area contributed by atoms with Crippen LogP contribution in [-0.2, 0) is 4.79 Å². The third-order valence-electron chi connectivity index (χ3n) is 1.87. The summed E-state index contributed by atoms with van der Waals surface area (Å²) in [4.78, 5) is 10.4. The highest BCUT2D eigenvalue weighted by molar-refractivity contribution is 8.00. The molecule has 0 aliphatic rings. The Morgan fingerprint density at radius 3 is 2.73 bits per heavy atom. The van der Waals surface area contributed by atoms with Crippen LogP contribution in [0.25, 0.3) is 0 Å². The van der Waals surface area contributed by atoms with E-state index < -0.39 is 5.97 Å². The molecule has 1 rings (SSSR count). The van der Waals surface area contributed by atoms with Crippen LogP contribution in [0.1, 0.15) is 10.8 Å². The lowest BCUT2D eigenvalue weighted by molar-refractivity contribution is -0.133. The number of halogens is 1. The van der Waals surface area contributed by atoms with E-state index in [-0.39, 0.29) is 11.0 Å². The van der Waals surface area contributed by atoms with Crippen molar-refractivity contribution in [3.8, 4) is 0 Å². The lowest BCUT2D eigenvalue weighted by Crippen LogP contribution is -2.12. The van der Waals surface area contributed by atoms with Gasteiger partial charge in [0, 0.05) is 16.8 Å². The van der Waals surface area contributed by atoms with E-state index in [9.17, 15) is 4.79 Å². The Labute approximate surface area is 97.6 Å². The van der Waals surface area contributed by atoms with Crippen LogP contribution >= 0.6 is 23.4 Å². The van der Waals surface area contributed by atoms with Gasteiger partial charge in [-0.05, 0) is 11.6 Å². The molecule has 3 nitrogen and oxygen atoms in total. The van der Waals surface area contributed by atoms with Gasteiger partial charge in [-0.25, -0.2) is 0 Å². The molecule has 0 fully saturated rings. The number of hydrogen-bond acceptors (Lipinski definition) is 3. The van der Waals surface area contributed by atoms with Crippen molar-refractivity contribution in [1.82, 2.24) is 0 Å². The van der Waals surface area contributed by atoms with Gasteiger partial charge >= 0.3 is 5.97 Å². The van der Waals surface area contributed by atoms with Crippen molar-refractivity contribution >= 4 is 29.3 Å². The first-order chi connectivity index (χ1) is 7.15. The van der Waals surface area contributed by atoms with Crippen LogP contribution in [-0.4, -0.2) is 23.4 Å². The number of thioether (sulfide) groups is 1. The number of carboxylic acids is 1. The second-order valence-corrected chi connectivity index (χ2v) is 4.55. The first-order valence-electron chi connectivity index (χ1n) is 4.43. The minimum atomic E-state index is -0.842. The lowest BCUT2D eigenvalue weighted by atomic mass is 10.1. The molecule has 0 amide bonds. The largest absolute Gasteiger partial charge is 0.481 e. The molecule has 0 aliphatic carbocycles. The van der Waals surface area contributed by atoms with Crippen LogP contribution in [0.2, 0.25) is 5.02 Å². The Balaban J connectivity index is 2.74. The predicted octanol–water partition coefficient (Wildman–Crippen LogP) is 2.16. The molecule has 0 bridgehead atoms. The zero-order chi connectivity index (χ0) is 11.3. The third kappa shape index (κ3) is 3.74. The van der Waals surface area contributed by atoms with Crippen molar-refractivity contribution in [3.05, 3.63) is 34.9 Å².